The van der Waals surface area contributed by atoms with Gasteiger partial charge in [-0.3, -0.25) is 19.2 Å². The van der Waals surface area contributed by atoms with Crippen molar-refractivity contribution in [2.75, 3.05) is 12.7 Å². The summed E-state index contributed by atoms with van der Waals surface area (Å²) < 4.78 is 0. The highest BCUT2D eigenvalue weighted by atomic mass is 35.5. The van der Waals surface area contributed by atoms with E-state index in [2.05, 4.69) is 28.7 Å². The summed E-state index contributed by atoms with van der Waals surface area (Å²) in [6.45, 7) is 4.80. The topological polar surface area (TPSA) is 137 Å². The van der Waals surface area contributed by atoms with E-state index in [0.717, 1.165) is 0 Å². The van der Waals surface area contributed by atoms with Crippen molar-refractivity contribution >= 4 is 54.2 Å². The van der Waals surface area contributed by atoms with Crippen molar-refractivity contribution in [2.45, 2.75) is 44.1 Å². The summed E-state index contributed by atoms with van der Waals surface area (Å²) >= 11 is 6.24. The third-order valence-corrected chi connectivity index (χ3v) is 9.53. The molecule has 2 aromatic rings. The monoisotopic (exact) mass is 489 g/mol. The molecule has 1 aromatic heterocycles. The second-order valence-electron chi connectivity index (χ2n) is 9.66. The fraction of sp³-hybridized carbons (Fsp3) is 0.455. The maximum atomic E-state index is 13.5. The zero-order chi connectivity index (χ0) is 23.9. The van der Waals surface area contributed by atoms with Crippen LogP contribution in [-0.4, -0.2) is 66.4 Å². The van der Waals surface area contributed by atoms with Gasteiger partial charge in [0.2, 0.25) is 17.7 Å². The summed E-state index contributed by atoms with van der Waals surface area (Å²) in [6.07, 6.45) is 2.87. The van der Waals surface area contributed by atoms with Crippen molar-refractivity contribution in [1.82, 2.24) is 20.5 Å². The van der Waals surface area contributed by atoms with Crippen LogP contribution in [0.2, 0.25) is 24.2 Å². The molecule has 176 valence electrons. The van der Waals surface area contributed by atoms with Crippen LogP contribution in [0.1, 0.15) is 23.2 Å². The standard InChI is InChI=1S/C22H28ClN5O4Si/c1-33(2)10-17(21(31)27-16(19(24)29)8-12-6-7-25-20(12)30)28(11-33)22(32)14-9-26-18-13(14)4-3-5-15(18)23/h3-5,9,12,16-17,26H,6-8,10-11H2,1-2H3,(H2,24,29)(H,25,30)(H,27,31)/t12-,16-,17-/m0/s1. The van der Waals surface area contributed by atoms with Gasteiger partial charge in [0.05, 0.1) is 24.2 Å². The smallest absolute Gasteiger partial charge is 0.256 e. The number of amides is 4. The maximum absolute atomic E-state index is 13.5. The van der Waals surface area contributed by atoms with Crippen LogP contribution in [0, 0.1) is 5.92 Å². The number of halogens is 1. The SMILES string of the molecule is C[Si]1(C)C[C@@H](C(=O)N[C@@H](C[C@@H]2CCNC2=O)C(N)=O)N(C(=O)c2c[nH]c3c(Cl)cccc23)C1. The number of nitrogens with zero attached hydrogens (tertiary/aromatic N) is 1. The minimum Gasteiger partial charge on any atom is -0.368 e. The van der Waals surface area contributed by atoms with Crippen molar-refractivity contribution in [2.24, 2.45) is 11.7 Å². The molecule has 9 nitrogen and oxygen atoms in total. The molecule has 2 aliphatic heterocycles. The molecule has 3 atom stereocenters. The van der Waals surface area contributed by atoms with Gasteiger partial charge in [0, 0.05) is 30.2 Å². The van der Waals surface area contributed by atoms with E-state index in [1.165, 1.54) is 0 Å². The van der Waals surface area contributed by atoms with Gasteiger partial charge in [-0.2, -0.15) is 0 Å². The molecule has 0 spiro atoms. The maximum Gasteiger partial charge on any atom is 0.256 e. The van der Waals surface area contributed by atoms with Gasteiger partial charge in [0.1, 0.15) is 12.1 Å². The number of H-pyrrole nitrogens is 1. The molecule has 0 saturated carbocycles. The van der Waals surface area contributed by atoms with Crippen LogP contribution < -0.4 is 16.4 Å². The number of aromatic amines is 1. The Balaban J connectivity index is 1.56. The predicted molar refractivity (Wildman–Crippen MR) is 127 cm³/mol. The molecule has 2 saturated heterocycles. The Labute approximate surface area is 197 Å². The van der Waals surface area contributed by atoms with Crippen molar-refractivity contribution in [3.63, 3.8) is 0 Å². The Kier molecular flexibility index (Phi) is 6.24. The molecule has 5 N–H and O–H groups in total. The Bertz CT molecular complexity index is 1130. The Morgan fingerprint density at radius 1 is 1.33 bits per heavy atom. The number of carbonyl (C=O) groups excluding carboxylic acids is 4. The average Bonchev–Trinajstić information content (AvgIpc) is 3.44. The summed E-state index contributed by atoms with van der Waals surface area (Å²) in [4.78, 5) is 55.4. The van der Waals surface area contributed by atoms with Gasteiger partial charge in [-0.1, -0.05) is 36.8 Å². The number of nitrogens with one attached hydrogen (secondary N) is 3. The van der Waals surface area contributed by atoms with Gasteiger partial charge in [-0.05, 0) is 25.0 Å². The molecule has 33 heavy (non-hydrogen) atoms. The van der Waals surface area contributed by atoms with Crippen LogP contribution in [-0.2, 0) is 14.4 Å². The first kappa shape index (κ1) is 23.3. The normalized spacial score (nSPS) is 22.9. The highest BCUT2D eigenvalue weighted by Gasteiger charge is 2.46. The van der Waals surface area contributed by atoms with Gasteiger partial charge in [0.25, 0.3) is 5.91 Å². The number of benzene rings is 1. The summed E-state index contributed by atoms with van der Waals surface area (Å²) in [7, 11) is -1.88. The van der Waals surface area contributed by atoms with Gasteiger partial charge < -0.3 is 26.3 Å². The van der Waals surface area contributed by atoms with Crippen LogP contribution in [0.15, 0.2) is 24.4 Å². The first-order valence-corrected chi connectivity index (χ1v) is 14.8. The van der Waals surface area contributed by atoms with Gasteiger partial charge in [0.15, 0.2) is 0 Å². The average molecular weight is 490 g/mol. The van der Waals surface area contributed by atoms with Crippen LogP contribution in [0.5, 0.6) is 0 Å². The number of nitrogens with two attached hydrogens (primary N) is 1. The fourth-order valence-electron chi connectivity index (χ4n) is 4.83. The van der Waals surface area contributed by atoms with E-state index >= 15 is 0 Å². The number of para-hydroxylation sites is 1. The molecule has 0 bridgehead atoms. The molecular formula is C22H28ClN5O4Si. The molecule has 2 fully saturated rings. The summed E-state index contributed by atoms with van der Waals surface area (Å²) in [5, 5.41) is 6.66. The lowest BCUT2D eigenvalue weighted by atomic mass is 9.97. The Hall–Kier alpha value is -2.85. The first-order valence-electron chi connectivity index (χ1n) is 11.0. The highest BCUT2D eigenvalue weighted by Crippen LogP contribution is 2.32. The second kappa shape index (κ2) is 8.83. The summed E-state index contributed by atoms with van der Waals surface area (Å²) in [6, 6.07) is 4.23. The number of aromatic nitrogens is 1. The van der Waals surface area contributed by atoms with Crippen LogP contribution in [0.25, 0.3) is 10.9 Å². The molecule has 2 aliphatic rings. The largest absolute Gasteiger partial charge is 0.368 e. The van der Waals surface area contributed by atoms with Crippen LogP contribution in [0.4, 0.5) is 0 Å². The quantitative estimate of drug-likeness (QED) is 0.455. The molecule has 4 rings (SSSR count). The number of hydrogen-bond donors (Lipinski definition) is 4. The Morgan fingerprint density at radius 3 is 2.76 bits per heavy atom. The Morgan fingerprint density at radius 2 is 2.09 bits per heavy atom. The van der Waals surface area contributed by atoms with E-state index in [0.29, 0.717) is 46.7 Å². The van der Waals surface area contributed by atoms with Gasteiger partial charge >= 0.3 is 0 Å². The molecule has 0 aliphatic carbocycles. The van der Waals surface area contributed by atoms with Crippen LogP contribution >= 0.6 is 11.6 Å². The number of fused-ring (bicyclic) bond motifs is 1. The molecule has 11 heteroatoms. The van der Waals surface area contributed by atoms with Crippen molar-refractivity contribution in [1.29, 1.82) is 0 Å². The van der Waals surface area contributed by atoms with Crippen LogP contribution in [0.3, 0.4) is 0 Å². The number of primary amides is 1. The fourth-order valence-corrected chi connectivity index (χ4v) is 7.93. The van der Waals surface area contributed by atoms with E-state index in [1.54, 1.807) is 23.2 Å². The molecule has 3 heterocycles. The minimum atomic E-state index is -1.88. The molecule has 1 aromatic carbocycles. The van der Waals surface area contributed by atoms with Gasteiger partial charge in [-0.15, -0.1) is 0 Å². The predicted octanol–water partition coefficient (Wildman–Crippen LogP) is 1.39. The number of carbonyl (C=O) groups is 4. The summed E-state index contributed by atoms with van der Waals surface area (Å²) in [5.74, 6) is -1.87. The van der Waals surface area contributed by atoms with Crippen molar-refractivity contribution in [3.8, 4) is 0 Å². The lowest BCUT2D eigenvalue weighted by Gasteiger charge is -2.26. The summed E-state index contributed by atoms with van der Waals surface area (Å²) in [5.41, 5.74) is 6.65. The van der Waals surface area contributed by atoms with Crippen molar-refractivity contribution < 1.29 is 19.2 Å². The lowest BCUT2D eigenvalue weighted by Crippen LogP contribution is -2.52. The highest BCUT2D eigenvalue weighted by molar-refractivity contribution is 6.79. The molecule has 0 radical (unpaired) electrons. The lowest BCUT2D eigenvalue weighted by molar-refractivity contribution is -0.130. The van der Waals surface area contributed by atoms with E-state index in [-0.39, 0.29) is 24.2 Å². The number of hydrogen-bond acceptors (Lipinski definition) is 4. The molecule has 0 unspecified atom stereocenters. The molecular weight excluding hydrogens is 462 g/mol. The zero-order valence-electron chi connectivity index (χ0n) is 18.6. The van der Waals surface area contributed by atoms with Gasteiger partial charge in [-0.25, -0.2) is 0 Å². The van der Waals surface area contributed by atoms with E-state index in [9.17, 15) is 19.2 Å². The first-order chi connectivity index (χ1) is 15.6. The minimum absolute atomic E-state index is 0.139. The zero-order valence-corrected chi connectivity index (χ0v) is 20.4. The van der Waals surface area contributed by atoms with E-state index in [4.69, 9.17) is 17.3 Å². The second-order valence-corrected chi connectivity index (χ2v) is 15.1. The van der Waals surface area contributed by atoms with Crippen molar-refractivity contribution in [3.05, 3.63) is 35.0 Å². The van der Waals surface area contributed by atoms with E-state index in [1.807, 2.05) is 6.07 Å². The molecule has 4 amide bonds. The third-order valence-electron chi connectivity index (χ3n) is 6.52. The third kappa shape index (κ3) is 4.63. The van der Waals surface area contributed by atoms with E-state index < -0.39 is 32.0 Å². The number of rotatable bonds is 6.